The molecule has 1 aliphatic rings. The number of carbonyl (C=O) groups excluding carboxylic acids is 2. The maximum absolute atomic E-state index is 14.2. The summed E-state index contributed by atoms with van der Waals surface area (Å²) < 4.78 is 55.0. The molecule has 0 saturated heterocycles. The highest BCUT2D eigenvalue weighted by molar-refractivity contribution is 5.83. The highest BCUT2D eigenvalue weighted by atomic mass is 19.4. The largest absolute Gasteiger partial charge is 0.531 e. The monoisotopic (exact) mass is 725 g/mol. The van der Waals surface area contributed by atoms with E-state index in [1.165, 1.54) is 31.4 Å². The van der Waals surface area contributed by atoms with Crippen molar-refractivity contribution in [2.75, 3.05) is 20.2 Å². The van der Waals surface area contributed by atoms with Crippen LogP contribution in [0.25, 0.3) is 11.1 Å². The van der Waals surface area contributed by atoms with E-state index in [4.69, 9.17) is 14.2 Å². The van der Waals surface area contributed by atoms with Gasteiger partial charge in [-0.1, -0.05) is 72.8 Å². The number of methoxy groups -OCH3 is 1. The van der Waals surface area contributed by atoms with Gasteiger partial charge in [-0.25, -0.2) is 4.79 Å². The van der Waals surface area contributed by atoms with Crippen molar-refractivity contribution in [3.8, 4) is 28.4 Å². The first kappa shape index (κ1) is 36.6. The Kier molecular flexibility index (Phi) is 10.8. The quantitative estimate of drug-likeness (QED) is 0.139. The highest BCUT2D eigenvalue weighted by Gasteiger charge is 2.50. The first-order valence-corrected chi connectivity index (χ1v) is 16.8. The summed E-state index contributed by atoms with van der Waals surface area (Å²) >= 11 is 0. The van der Waals surface area contributed by atoms with Gasteiger partial charge < -0.3 is 24.6 Å². The van der Waals surface area contributed by atoms with Crippen LogP contribution in [0.5, 0.6) is 17.2 Å². The van der Waals surface area contributed by atoms with Gasteiger partial charge in [0.05, 0.1) is 18.6 Å². The Morgan fingerprint density at radius 2 is 1.43 bits per heavy atom. The number of alkyl halides is 3. The van der Waals surface area contributed by atoms with E-state index in [9.17, 15) is 32.7 Å². The van der Waals surface area contributed by atoms with E-state index >= 15 is 0 Å². The van der Waals surface area contributed by atoms with Crippen LogP contribution in [0.4, 0.5) is 22.8 Å². The molecule has 5 aromatic rings. The van der Waals surface area contributed by atoms with E-state index in [0.717, 1.165) is 28.8 Å². The number of imide groups is 1. The van der Waals surface area contributed by atoms with Gasteiger partial charge >= 0.3 is 24.3 Å². The summed E-state index contributed by atoms with van der Waals surface area (Å²) in [5.74, 6) is -1.15. The predicted octanol–water partition coefficient (Wildman–Crippen LogP) is 8.61. The summed E-state index contributed by atoms with van der Waals surface area (Å²) in [6.45, 7) is -0.405. The molecule has 272 valence electrons. The predicted molar refractivity (Wildman–Crippen MR) is 189 cm³/mol. The molecule has 1 aliphatic heterocycles. The zero-order valence-electron chi connectivity index (χ0n) is 28.6. The Balaban J connectivity index is 1.22. The number of nitrogens with one attached hydrogen (secondary N) is 1. The molecule has 2 unspecified atom stereocenters. The number of ether oxygens (including phenoxy) is 3. The Hall–Kier alpha value is -6.14. The third-order valence-electron chi connectivity index (χ3n) is 9.25. The summed E-state index contributed by atoms with van der Waals surface area (Å²) in [6, 6.07) is 32.1. The lowest BCUT2D eigenvalue weighted by Gasteiger charge is -2.35. The minimum Gasteiger partial charge on any atom is -0.497 e. The molecular formula is C41H36F3N2O7+. The van der Waals surface area contributed by atoms with Gasteiger partial charge in [0, 0.05) is 18.5 Å². The first-order valence-electron chi connectivity index (χ1n) is 16.8. The van der Waals surface area contributed by atoms with Gasteiger partial charge in [-0.2, -0.15) is 18.0 Å². The molecule has 53 heavy (non-hydrogen) atoms. The van der Waals surface area contributed by atoms with Crippen LogP contribution in [0.3, 0.4) is 0 Å². The van der Waals surface area contributed by atoms with Crippen LogP contribution < -0.4 is 19.5 Å². The van der Waals surface area contributed by atoms with Crippen LogP contribution in [-0.4, -0.2) is 47.9 Å². The van der Waals surface area contributed by atoms with Gasteiger partial charge in [0.15, 0.2) is 0 Å². The van der Waals surface area contributed by atoms with Gasteiger partial charge in [0.1, 0.15) is 36.9 Å². The molecule has 5 aromatic carbocycles. The number of hydrogen-bond acceptors (Lipinski definition) is 6. The fourth-order valence-corrected chi connectivity index (χ4v) is 6.19. The smallest absolute Gasteiger partial charge is 0.497 e. The average molecular weight is 726 g/mol. The Labute approximate surface area is 303 Å². The molecule has 0 aliphatic carbocycles. The van der Waals surface area contributed by atoms with Crippen molar-refractivity contribution in [3.63, 3.8) is 0 Å². The molecule has 0 aromatic heterocycles. The minimum absolute atomic E-state index is 0.0141. The molecule has 12 heteroatoms. The topological polar surface area (TPSA) is 111 Å². The van der Waals surface area contributed by atoms with Crippen molar-refractivity contribution in [3.05, 3.63) is 149 Å². The fraction of sp³-hybridized carbons (Fsp3) is 0.195. The second-order valence-electron chi connectivity index (χ2n) is 12.6. The molecule has 6 rings (SSSR count). The third kappa shape index (κ3) is 8.50. The van der Waals surface area contributed by atoms with Crippen LogP contribution in [-0.2, 0) is 30.5 Å². The number of carboxylic acid groups (broad SMARTS) is 1. The van der Waals surface area contributed by atoms with Crippen molar-refractivity contribution < 1.29 is 51.4 Å². The van der Waals surface area contributed by atoms with E-state index in [0.29, 0.717) is 34.6 Å². The number of amides is 3. The number of hydrogen-bond donors (Lipinski definition) is 2. The number of carboxylic acids is 1. The number of carbonyl (C=O) groups is 3. The van der Waals surface area contributed by atoms with E-state index in [1.807, 2.05) is 48.5 Å². The van der Waals surface area contributed by atoms with Crippen molar-refractivity contribution >= 4 is 18.1 Å². The number of benzene rings is 5. The lowest BCUT2D eigenvalue weighted by atomic mass is 9.96. The van der Waals surface area contributed by atoms with Gasteiger partial charge in [0.2, 0.25) is 0 Å². The summed E-state index contributed by atoms with van der Waals surface area (Å²) in [4.78, 5) is 40.7. The summed E-state index contributed by atoms with van der Waals surface area (Å²) in [5, 5.41) is 12.9. The molecule has 0 radical (unpaired) electrons. The lowest BCUT2D eigenvalue weighted by molar-refractivity contribution is -0.792. The number of fused-ring (bicyclic) bond motifs is 1. The van der Waals surface area contributed by atoms with Gasteiger partial charge in [0.25, 0.3) is 0 Å². The van der Waals surface area contributed by atoms with Crippen LogP contribution in [0.1, 0.15) is 33.7 Å². The van der Waals surface area contributed by atoms with Crippen LogP contribution in [0.2, 0.25) is 0 Å². The van der Waals surface area contributed by atoms with Crippen LogP contribution in [0, 0.1) is 0 Å². The lowest BCUT2D eigenvalue weighted by Crippen LogP contribution is -2.63. The van der Waals surface area contributed by atoms with E-state index in [1.54, 1.807) is 36.4 Å². The fourth-order valence-electron chi connectivity index (χ4n) is 6.19. The van der Waals surface area contributed by atoms with E-state index < -0.39 is 40.2 Å². The highest BCUT2D eigenvalue weighted by Crippen LogP contribution is 2.33. The molecule has 2 atom stereocenters. The zero-order valence-corrected chi connectivity index (χ0v) is 28.6. The molecule has 2 N–H and O–H groups in total. The molecule has 1 heterocycles. The van der Waals surface area contributed by atoms with Crippen LogP contribution >= 0.6 is 0 Å². The number of quaternary nitrogens is 1. The van der Waals surface area contributed by atoms with E-state index in [-0.39, 0.29) is 32.0 Å². The second kappa shape index (κ2) is 15.6. The SMILES string of the molecule is COc1ccc(OC(=O)[N+]2(C(=O)NCC(C(=O)O)c3ccc(-c4ccccc4)cc3)CCc3ccc(OCc4ccc(C(F)(F)F)cc4)cc3C2)cc1. The summed E-state index contributed by atoms with van der Waals surface area (Å²) in [7, 11) is 1.50. The summed E-state index contributed by atoms with van der Waals surface area (Å²) in [5.41, 5.74) is 3.60. The molecule has 3 amide bonds. The Bertz CT molecular complexity index is 2070. The van der Waals surface area contributed by atoms with Crippen molar-refractivity contribution in [2.24, 2.45) is 0 Å². The standard InChI is InChI=1S/C41H35F3N2O7/c1-51-34-17-19-35(20-18-34)53-40(50)46(39(49)45-24-37(38(47)48)31-11-9-29(10-12-31)28-5-3-2-4-6-28)22-21-30-13-16-36(23-32(30)25-46)52-26-27-7-14-33(15-8-27)41(42,43)44/h2-20,23,37H,21-22,24-26H2,1H3,(H-,45,47,48,49)/p+1. The zero-order chi connectivity index (χ0) is 37.6. The number of urea groups is 1. The molecule has 9 nitrogen and oxygen atoms in total. The Morgan fingerprint density at radius 3 is 2.08 bits per heavy atom. The van der Waals surface area contributed by atoms with Crippen molar-refractivity contribution in [2.45, 2.75) is 31.7 Å². The minimum atomic E-state index is -4.45. The molecular weight excluding hydrogens is 689 g/mol. The first-order chi connectivity index (χ1) is 25.4. The Morgan fingerprint density at radius 1 is 0.792 bits per heavy atom. The average Bonchev–Trinajstić information content (AvgIpc) is 3.17. The molecule has 0 spiro atoms. The molecule has 0 fully saturated rings. The maximum Gasteiger partial charge on any atom is 0.531 e. The second-order valence-corrected chi connectivity index (χ2v) is 12.6. The number of nitrogens with zero attached hydrogens (tertiary/aromatic N) is 1. The number of rotatable bonds is 10. The van der Waals surface area contributed by atoms with E-state index in [2.05, 4.69) is 5.32 Å². The molecule has 0 saturated carbocycles. The molecule has 0 bridgehead atoms. The van der Waals surface area contributed by atoms with Gasteiger partial charge in [-0.15, -0.1) is 4.48 Å². The van der Waals surface area contributed by atoms with Gasteiger partial charge in [-0.05, 0) is 76.3 Å². The van der Waals surface area contributed by atoms with Gasteiger partial charge in [-0.3, -0.25) is 4.79 Å². The van der Waals surface area contributed by atoms with Crippen molar-refractivity contribution in [1.82, 2.24) is 5.32 Å². The van der Waals surface area contributed by atoms with Crippen molar-refractivity contribution in [1.29, 1.82) is 0 Å². The number of halogens is 3. The maximum atomic E-state index is 14.2. The summed E-state index contributed by atoms with van der Waals surface area (Å²) in [6.07, 6.45) is -5.01. The normalized spacial score (nSPS) is 15.8. The number of aliphatic carboxylic acids is 1. The third-order valence-corrected chi connectivity index (χ3v) is 9.25. The van der Waals surface area contributed by atoms with Crippen LogP contribution in [0.15, 0.2) is 121 Å².